The van der Waals surface area contributed by atoms with Gasteiger partial charge in [0.15, 0.2) is 0 Å². The number of benzene rings is 3. The molecule has 0 unspecified atom stereocenters. The van der Waals surface area contributed by atoms with Gasteiger partial charge in [0.05, 0.1) is 5.69 Å². The molecule has 1 heterocycles. The first kappa shape index (κ1) is 19.0. The number of nitrogens with zero attached hydrogens (tertiary/aromatic N) is 1. The summed E-state index contributed by atoms with van der Waals surface area (Å²) >= 11 is 3.41. The molecule has 29 heavy (non-hydrogen) atoms. The second-order valence-electron chi connectivity index (χ2n) is 6.54. The topological polar surface area (TPSA) is 67.2 Å². The van der Waals surface area contributed by atoms with Crippen LogP contribution >= 0.6 is 15.9 Å². The summed E-state index contributed by atoms with van der Waals surface area (Å²) in [7, 11) is 0. The average Bonchev–Trinajstić information content (AvgIpc) is 3.21. The Morgan fingerprint density at radius 1 is 0.897 bits per heavy atom. The van der Waals surface area contributed by atoms with Gasteiger partial charge in [-0.15, -0.1) is 0 Å². The molecule has 0 atom stereocenters. The van der Waals surface area contributed by atoms with Crippen molar-refractivity contribution in [3.63, 3.8) is 0 Å². The lowest BCUT2D eigenvalue weighted by atomic mass is 10.1. The zero-order valence-electron chi connectivity index (χ0n) is 15.6. The fraction of sp³-hybridized carbons (Fsp3) is 0.0435. The van der Waals surface area contributed by atoms with Crippen molar-refractivity contribution in [1.82, 2.24) is 4.98 Å². The predicted molar refractivity (Wildman–Crippen MR) is 119 cm³/mol. The van der Waals surface area contributed by atoms with Crippen molar-refractivity contribution >= 4 is 33.3 Å². The van der Waals surface area contributed by atoms with Gasteiger partial charge in [-0.1, -0.05) is 42.0 Å². The van der Waals surface area contributed by atoms with Gasteiger partial charge in [0.1, 0.15) is 12.0 Å². The van der Waals surface area contributed by atoms with Gasteiger partial charge in [-0.25, -0.2) is 9.78 Å². The number of hydrogen-bond donors (Lipinski definition) is 2. The van der Waals surface area contributed by atoms with Crippen LogP contribution < -0.4 is 10.6 Å². The number of urea groups is 1. The molecule has 0 fully saturated rings. The molecule has 3 aromatic carbocycles. The fourth-order valence-corrected chi connectivity index (χ4v) is 3.19. The summed E-state index contributed by atoms with van der Waals surface area (Å²) in [6, 6.07) is 22.6. The zero-order valence-corrected chi connectivity index (χ0v) is 17.2. The number of para-hydroxylation sites is 1. The lowest BCUT2D eigenvalue weighted by molar-refractivity contribution is 0.262. The highest BCUT2D eigenvalue weighted by atomic mass is 79.9. The van der Waals surface area contributed by atoms with E-state index in [4.69, 9.17) is 4.42 Å². The number of aromatic nitrogens is 1. The van der Waals surface area contributed by atoms with Crippen LogP contribution in [0, 0.1) is 6.92 Å². The third kappa shape index (κ3) is 4.55. The van der Waals surface area contributed by atoms with E-state index >= 15 is 0 Å². The van der Waals surface area contributed by atoms with Gasteiger partial charge in [-0.3, -0.25) is 0 Å². The standard InChI is InChI=1S/C23H18BrN3O2/c1-15-6-8-16(9-7-15)21-14-29-22(26-21)17-10-12-18(13-11-17)25-23(28)27-20-5-3-2-4-19(20)24/h2-14H,1H3,(H2,25,27,28). The van der Waals surface area contributed by atoms with Gasteiger partial charge < -0.3 is 15.1 Å². The van der Waals surface area contributed by atoms with Crippen molar-refractivity contribution in [3.05, 3.63) is 89.1 Å². The molecule has 2 N–H and O–H groups in total. The van der Waals surface area contributed by atoms with E-state index in [1.54, 1.807) is 6.26 Å². The van der Waals surface area contributed by atoms with Crippen LogP contribution in [0.1, 0.15) is 5.56 Å². The number of anilines is 2. The molecule has 2 amide bonds. The highest BCUT2D eigenvalue weighted by Crippen LogP contribution is 2.26. The van der Waals surface area contributed by atoms with Crippen LogP contribution in [-0.2, 0) is 0 Å². The molecular weight excluding hydrogens is 430 g/mol. The second kappa shape index (κ2) is 8.32. The summed E-state index contributed by atoms with van der Waals surface area (Å²) in [5.74, 6) is 0.532. The highest BCUT2D eigenvalue weighted by Gasteiger charge is 2.10. The summed E-state index contributed by atoms with van der Waals surface area (Å²) in [6.45, 7) is 2.05. The molecular formula is C23H18BrN3O2. The maximum atomic E-state index is 12.2. The number of amides is 2. The molecule has 0 aliphatic carbocycles. The van der Waals surface area contributed by atoms with Crippen LogP contribution in [0.3, 0.4) is 0 Å². The fourth-order valence-electron chi connectivity index (χ4n) is 2.81. The maximum Gasteiger partial charge on any atom is 0.323 e. The van der Waals surface area contributed by atoms with Crippen LogP contribution in [0.5, 0.6) is 0 Å². The summed E-state index contributed by atoms with van der Waals surface area (Å²) < 4.78 is 6.45. The van der Waals surface area contributed by atoms with Crippen molar-refractivity contribution in [3.8, 4) is 22.7 Å². The summed E-state index contributed by atoms with van der Waals surface area (Å²) in [5.41, 5.74) is 5.20. The SMILES string of the molecule is Cc1ccc(-c2coc(-c3ccc(NC(=O)Nc4ccccc4Br)cc3)n2)cc1. The Hall–Kier alpha value is -3.38. The van der Waals surface area contributed by atoms with Crippen molar-refractivity contribution in [1.29, 1.82) is 0 Å². The molecule has 0 saturated carbocycles. The maximum absolute atomic E-state index is 12.2. The smallest absolute Gasteiger partial charge is 0.323 e. The molecule has 4 aromatic rings. The van der Waals surface area contributed by atoms with Gasteiger partial charge in [-0.2, -0.15) is 0 Å². The number of nitrogens with one attached hydrogen (secondary N) is 2. The summed E-state index contributed by atoms with van der Waals surface area (Å²) in [4.78, 5) is 16.8. The van der Waals surface area contributed by atoms with Crippen LogP contribution in [0.15, 0.2) is 87.9 Å². The first-order valence-corrected chi connectivity index (χ1v) is 9.83. The van der Waals surface area contributed by atoms with E-state index in [0.29, 0.717) is 17.3 Å². The number of oxazole rings is 1. The Morgan fingerprint density at radius 2 is 1.59 bits per heavy atom. The first-order valence-electron chi connectivity index (χ1n) is 9.04. The molecule has 0 bridgehead atoms. The van der Waals surface area contributed by atoms with Crippen LogP contribution in [-0.4, -0.2) is 11.0 Å². The van der Waals surface area contributed by atoms with Gasteiger partial charge in [-0.05, 0) is 59.3 Å². The molecule has 4 rings (SSSR count). The monoisotopic (exact) mass is 447 g/mol. The van der Waals surface area contributed by atoms with Gasteiger partial charge in [0, 0.05) is 21.3 Å². The normalized spacial score (nSPS) is 10.6. The van der Waals surface area contributed by atoms with E-state index in [0.717, 1.165) is 21.3 Å². The molecule has 0 saturated heterocycles. The number of carbonyl (C=O) groups is 1. The molecule has 0 radical (unpaired) electrons. The largest absolute Gasteiger partial charge is 0.444 e. The predicted octanol–water partition coefficient (Wildman–Crippen LogP) is 6.72. The van der Waals surface area contributed by atoms with E-state index in [1.165, 1.54) is 5.56 Å². The quantitative estimate of drug-likeness (QED) is 0.364. The molecule has 0 aliphatic heterocycles. The molecule has 144 valence electrons. The minimum Gasteiger partial charge on any atom is -0.444 e. The van der Waals surface area contributed by atoms with Crippen LogP contribution in [0.2, 0.25) is 0 Å². The van der Waals surface area contributed by atoms with Crippen molar-refractivity contribution in [2.45, 2.75) is 6.92 Å². The number of halogens is 1. The third-order valence-corrected chi connectivity index (χ3v) is 5.05. The van der Waals surface area contributed by atoms with E-state index in [1.807, 2.05) is 79.7 Å². The first-order chi connectivity index (χ1) is 14.1. The van der Waals surface area contributed by atoms with E-state index in [2.05, 4.69) is 31.5 Å². The number of carbonyl (C=O) groups excluding carboxylic acids is 1. The Kier molecular flexibility index (Phi) is 5.44. The molecule has 1 aromatic heterocycles. The Morgan fingerprint density at radius 3 is 2.31 bits per heavy atom. The van der Waals surface area contributed by atoms with Crippen molar-refractivity contribution in [2.75, 3.05) is 10.6 Å². The Labute approximate surface area is 176 Å². The van der Waals surface area contributed by atoms with Crippen molar-refractivity contribution in [2.24, 2.45) is 0 Å². The molecule has 0 aliphatic rings. The number of aryl methyl sites for hydroxylation is 1. The Balaban J connectivity index is 1.43. The van der Waals surface area contributed by atoms with Gasteiger partial charge >= 0.3 is 6.03 Å². The molecule has 5 nitrogen and oxygen atoms in total. The molecule has 6 heteroatoms. The van der Waals surface area contributed by atoms with Gasteiger partial charge in [0.2, 0.25) is 5.89 Å². The van der Waals surface area contributed by atoms with E-state index in [-0.39, 0.29) is 6.03 Å². The van der Waals surface area contributed by atoms with E-state index < -0.39 is 0 Å². The summed E-state index contributed by atoms with van der Waals surface area (Å²) in [6.07, 6.45) is 1.65. The van der Waals surface area contributed by atoms with Crippen LogP contribution in [0.25, 0.3) is 22.7 Å². The van der Waals surface area contributed by atoms with Gasteiger partial charge in [0.25, 0.3) is 0 Å². The minimum absolute atomic E-state index is 0.317. The zero-order chi connectivity index (χ0) is 20.2. The highest BCUT2D eigenvalue weighted by molar-refractivity contribution is 9.10. The Bertz CT molecular complexity index is 1140. The average molecular weight is 448 g/mol. The molecule has 0 spiro atoms. The van der Waals surface area contributed by atoms with E-state index in [9.17, 15) is 4.79 Å². The minimum atomic E-state index is -0.317. The lowest BCUT2D eigenvalue weighted by Crippen LogP contribution is -2.19. The lowest BCUT2D eigenvalue weighted by Gasteiger charge is -2.09. The number of rotatable bonds is 4. The van der Waals surface area contributed by atoms with Crippen LogP contribution in [0.4, 0.5) is 16.2 Å². The van der Waals surface area contributed by atoms with Crippen molar-refractivity contribution < 1.29 is 9.21 Å². The third-order valence-electron chi connectivity index (χ3n) is 4.36. The second-order valence-corrected chi connectivity index (χ2v) is 7.39. The summed E-state index contributed by atoms with van der Waals surface area (Å²) in [5, 5.41) is 5.61. The number of hydrogen-bond acceptors (Lipinski definition) is 3.